The number of ether oxygens (including phenoxy) is 1. The first-order valence-electron chi connectivity index (χ1n) is 6.42. The van der Waals surface area contributed by atoms with Gasteiger partial charge in [0.15, 0.2) is 0 Å². The molecule has 1 aliphatic rings. The lowest BCUT2D eigenvalue weighted by Gasteiger charge is -2.22. The standard InChI is InChI=1S/C14H16BNO3/c15-9-13(17)12-7-4-8-16(12)14(18)19-10-11-5-2-1-3-6-11/h1-3,5-6,12H,4,7-10H2/t12-/m0/s1. The molecule has 0 aliphatic carbocycles. The second-order valence-corrected chi connectivity index (χ2v) is 4.56. The van der Waals surface area contributed by atoms with Crippen LogP contribution < -0.4 is 0 Å². The summed E-state index contributed by atoms with van der Waals surface area (Å²) in [5, 5.41) is 0. The maximum atomic E-state index is 12.0. The molecule has 0 saturated carbocycles. The Labute approximate surface area is 114 Å². The molecule has 19 heavy (non-hydrogen) atoms. The molecular formula is C14H16BNO3. The second-order valence-electron chi connectivity index (χ2n) is 4.56. The lowest BCUT2D eigenvalue weighted by molar-refractivity contribution is -0.120. The van der Waals surface area contributed by atoms with E-state index in [0.29, 0.717) is 13.0 Å². The summed E-state index contributed by atoms with van der Waals surface area (Å²) < 4.78 is 5.23. The molecule has 1 atom stereocenters. The smallest absolute Gasteiger partial charge is 0.410 e. The molecule has 0 N–H and O–H groups in total. The number of Topliss-reactive ketones (excluding diaryl/α,β-unsaturated/α-hetero) is 1. The Bertz CT molecular complexity index is 449. The fourth-order valence-electron chi connectivity index (χ4n) is 2.26. The number of carbonyl (C=O) groups excluding carboxylic acids is 2. The molecule has 0 spiro atoms. The molecule has 0 unspecified atom stereocenters. The zero-order valence-electron chi connectivity index (χ0n) is 10.7. The lowest BCUT2D eigenvalue weighted by Crippen LogP contribution is -2.40. The largest absolute Gasteiger partial charge is 0.445 e. The fourth-order valence-corrected chi connectivity index (χ4v) is 2.26. The number of hydrogen-bond acceptors (Lipinski definition) is 3. The molecular weight excluding hydrogens is 241 g/mol. The van der Waals surface area contributed by atoms with Crippen molar-refractivity contribution in [3.8, 4) is 0 Å². The molecule has 0 bridgehead atoms. The van der Waals surface area contributed by atoms with E-state index in [1.165, 1.54) is 4.90 Å². The zero-order valence-corrected chi connectivity index (χ0v) is 10.7. The Morgan fingerprint density at radius 1 is 1.32 bits per heavy atom. The number of carbonyl (C=O) groups is 2. The van der Waals surface area contributed by atoms with E-state index in [9.17, 15) is 9.59 Å². The third kappa shape index (κ3) is 3.37. The van der Waals surface area contributed by atoms with E-state index in [0.717, 1.165) is 12.0 Å². The van der Waals surface area contributed by atoms with Crippen molar-refractivity contribution >= 4 is 19.7 Å². The predicted molar refractivity (Wildman–Crippen MR) is 71.9 cm³/mol. The molecule has 98 valence electrons. The minimum atomic E-state index is -0.437. The molecule has 1 saturated heterocycles. The average molecular weight is 257 g/mol. The number of ketones is 1. The van der Waals surface area contributed by atoms with Gasteiger partial charge in [-0.05, 0) is 24.7 Å². The Hall–Kier alpha value is -1.78. The molecule has 1 aromatic rings. The van der Waals surface area contributed by atoms with Crippen molar-refractivity contribution in [1.82, 2.24) is 4.90 Å². The van der Waals surface area contributed by atoms with Crippen LogP contribution in [0.4, 0.5) is 4.79 Å². The molecule has 1 aliphatic heterocycles. The second kappa shape index (κ2) is 6.41. The first-order valence-corrected chi connectivity index (χ1v) is 6.42. The van der Waals surface area contributed by atoms with E-state index in [1.807, 2.05) is 30.3 Å². The fraction of sp³-hybridized carbons (Fsp3) is 0.429. The number of amides is 1. The molecule has 4 nitrogen and oxygen atoms in total. The van der Waals surface area contributed by atoms with Crippen LogP contribution in [-0.2, 0) is 16.1 Å². The minimum Gasteiger partial charge on any atom is -0.445 e. The van der Waals surface area contributed by atoms with Gasteiger partial charge in [-0.3, -0.25) is 9.69 Å². The van der Waals surface area contributed by atoms with E-state index >= 15 is 0 Å². The van der Waals surface area contributed by atoms with Gasteiger partial charge in [-0.1, -0.05) is 30.3 Å². The Kier molecular flexibility index (Phi) is 4.60. The summed E-state index contributed by atoms with van der Waals surface area (Å²) in [6.45, 7) is 0.781. The molecule has 1 amide bonds. The van der Waals surface area contributed by atoms with Crippen LogP contribution in [0.3, 0.4) is 0 Å². The zero-order chi connectivity index (χ0) is 13.7. The van der Waals surface area contributed by atoms with E-state index in [2.05, 4.69) is 0 Å². The van der Waals surface area contributed by atoms with Gasteiger partial charge in [0.2, 0.25) is 0 Å². The van der Waals surface area contributed by atoms with Gasteiger partial charge in [-0.25, -0.2) is 4.79 Å². The summed E-state index contributed by atoms with van der Waals surface area (Å²) in [5.41, 5.74) is 0.928. The summed E-state index contributed by atoms with van der Waals surface area (Å²) in [6, 6.07) is 9.05. The molecule has 1 fully saturated rings. The quantitative estimate of drug-likeness (QED) is 0.774. The number of likely N-dealkylation sites (tertiary alicyclic amines) is 1. The van der Waals surface area contributed by atoms with Gasteiger partial charge in [0.1, 0.15) is 12.4 Å². The topological polar surface area (TPSA) is 46.6 Å². The number of rotatable bonds is 4. The van der Waals surface area contributed by atoms with E-state index in [1.54, 1.807) is 0 Å². The lowest BCUT2D eigenvalue weighted by atomic mass is 9.95. The van der Waals surface area contributed by atoms with Gasteiger partial charge in [0, 0.05) is 6.54 Å². The first-order chi connectivity index (χ1) is 9.22. The van der Waals surface area contributed by atoms with Gasteiger partial charge in [0.05, 0.1) is 13.9 Å². The highest BCUT2D eigenvalue weighted by atomic mass is 16.6. The maximum absolute atomic E-state index is 12.0. The predicted octanol–water partition coefficient (Wildman–Crippen LogP) is 1.94. The summed E-state index contributed by atoms with van der Waals surface area (Å²) >= 11 is 0. The number of nitrogens with zero attached hydrogens (tertiary/aromatic N) is 1. The van der Waals surface area contributed by atoms with Crippen LogP contribution in [0.2, 0.25) is 6.32 Å². The van der Waals surface area contributed by atoms with Crippen molar-refractivity contribution in [2.45, 2.75) is 31.8 Å². The van der Waals surface area contributed by atoms with Gasteiger partial charge < -0.3 is 4.74 Å². The van der Waals surface area contributed by atoms with Crippen molar-refractivity contribution < 1.29 is 14.3 Å². The molecule has 2 rings (SSSR count). The Morgan fingerprint density at radius 2 is 2.05 bits per heavy atom. The van der Waals surface area contributed by atoms with E-state index < -0.39 is 12.1 Å². The van der Waals surface area contributed by atoms with Gasteiger partial charge >= 0.3 is 6.09 Å². The van der Waals surface area contributed by atoms with Crippen LogP contribution in [0.5, 0.6) is 0 Å². The van der Waals surface area contributed by atoms with Crippen LogP contribution >= 0.6 is 0 Å². The first kappa shape index (κ1) is 13.7. The summed E-state index contributed by atoms with van der Waals surface area (Å²) in [7, 11) is 5.35. The van der Waals surface area contributed by atoms with E-state index in [4.69, 9.17) is 12.6 Å². The van der Waals surface area contributed by atoms with Crippen LogP contribution in [0.25, 0.3) is 0 Å². The third-order valence-corrected chi connectivity index (χ3v) is 3.27. The number of benzene rings is 1. The van der Waals surface area contributed by atoms with Crippen LogP contribution in [0.1, 0.15) is 18.4 Å². The summed E-state index contributed by atoms with van der Waals surface area (Å²) in [4.78, 5) is 25.1. The van der Waals surface area contributed by atoms with Crippen molar-refractivity contribution in [3.05, 3.63) is 35.9 Å². The highest BCUT2D eigenvalue weighted by Crippen LogP contribution is 2.20. The minimum absolute atomic E-state index is 0.0346. The molecule has 5 heteroatoms. The van der Waals surface area contributed by atoms with Crippen molar-refractivity contribution in [1.29, 1.82) is 0 Å². The molecule has 2 radical (unpaired) electrons. The monoisotopic (exact) mass is 257 g/mol. The molecule has 1 aromatic carbocycles. The van der Waals surface area contributed by atoms with Crippen LogP contribution in [-0.4, -0.2) is 37.2 Å². The van der Waals surface area contributed by atoms with Crippen LogP contribution in [0.15, 0.2) is 30.3 Å². The molecule has 0 aromatic heterocycles. The third-order valence-electron chi connectivity index (χ3n) is 3.27. The maximum Gasteiger partial charge on any atom is 0.410 e. The average Bonchev–Trinajstić information content (AvgIpc) is 2.94. The van der Waals surface area contributed by atoms with Gasteiger partial charge in [0.25, 0.3) is 0 Å². The van der Waals surface area contributed by atoms with Crippen molar-refractivity contribution in [2.75, 3.05) is 6.54 Å². The van der Waals surface area contributed by atoms with Crippen molar-refractivity contribution in [3.63, 3.8) is 0 Å². The summed E-state index contributed by atoms with van der Waals surface area (Å²) in [6.07, 6.45) is 1.02. The van der Waals surface area contributed by atoms with Crippen LogP contribution in [0, 0.1) is 0 Å². The highest BCUT2D eigenvalue weighted by molar-refractivity contribution is 6.21. The van der Waals surface area contributed by atoms with E-state index in [-0.39, 0.29) is 18.7 Å². The number of hydrogen-bond donors (Lipinski definition) is 0. The normalized spacial score (nSPS) is 18.3. The SMILES string of the molecule is [B]CC(=O)[C@@H]1CCCN1C(=O)OCc1ccccc1. The Balaban J connectivity index is 1.90. The molecule has 1 heterocycles. The highest BCUT2D eigenvalue weighted by Gasteiger charge is 2.33. The van der Waals surface area contributed by atoms with Crippen molar-refractivity contribution in [2.24, 2.45) is 0 Å². The Morgan fingerprint density at radius 3 is 2.74 bits per heavy atom. The van der Waals surface area contributed by atoms with Gasteiger partial charge in [-0.15, -0.1) is 0 Å². The summed E-state index contributed by atoms with van der Waals surface area (Å²) in [5.74, 6) is -0.103. The van der Waals surface area contributed by atoms with Gasteiger partial charge in [-0.2, -0.15) is 0 Å².